The van der Waals surface area contributed by atoms with Gasteiger partial charge >= 0.3 is 0 Å². The predicted octanol–water partition coefficient (Wildman–Crippen LogP) is 4.39. The zero-order valence-corrected chi connectivity index (χ0v) is 14.9. The molecule has 9 heteroatoms. The summed E-state index contributed by atoms with van der Waals surface area (Å²) in [6.07, 6.45) is 0. The molecule has 112 valence electrons. The minimum Gasteiger partial charge on any atom is -0.399 e. The van der Waals surface area contributed by atoms with E-state index in [0.29, 0.717) is 5.69 Å². The maximum atomic E-state index is 13.7. The highest BCUT2D eigenvalue weighted by Crippen LogP contribution is 2.34. The predicted molar refractivity (Wildman–Crippen MR) is 88.5 cm³/mol. The summed E-state index contributed by atoms with van der Waals surface area (Å²) in [5.74, 6) is -0.770. The van der Waals surface area contributed by atoms with E-state index in [4.69, 9.17) is 17.3 Å². The Hall–Kier alpha value is -0.830. The first-order valence-electron chi connectivity index (χ1n) is 5.43. The summed E-state index contributed by atoms with van der Waals surface area (Å²) in [4.78, 5) is -0.0777. The third-order valence-electron chi connectivity index (χ3n) is 2.46. The van der Waals surface area contributed by atoms with Gasteiger partial charge in [0.05, 0.1) is 5.69 Å². The van der Waals surface area contributed by atoms with Crippen LogP contribution in [0.15, 0.2) is 44.2 Å². The maximum Gasteiger partial charge on any atom is 0.264 e. The quantitative estimate of drug-likeness (QED) is 0.671. The fraction of sp³-hybridized carbons (Fsp3) is 0. The van der Waals surface area contributed by atoms with Gasteiger partial charge < -0.3 is 5.73 Å². The smallest absolute Gasteiger partial charge is 0.264 e. The monoisotopic (exact) mass is 456 g/mol. The summed E-state index contributed by atoms with van der Waals surface area (Å²) >= 11 is 11.9. The second kappa shape index (κ2) is 6.12. The van der Waals surface area contributed by atoms with E-state index < -0.39 is 15.8 Å². The third-order valence-corrected chi connectivity index (χ3v) is 5.94. The second-order valence-electron chi connectivity index (χ2n) is 4.04. The molecule has 0 saturated carbocycles. The fourth-order valence-electron chi connectivity index (χ4n) is 1.60. The third kappa shape index (κ3) is 3.68. The first kappa shape index (κ1) is 16.5. The molecule has 0 unspecified atom stereocenters. The van der Waals surface area contributed by atoms with Gasteiger partial charge in [-0.15, -0.1) is 0 Å². The molecule has 0 aromatic heterocycles. The van der Waals surface area contributed by atoms with Crippen molar-refractivity contribution in [2.75, 3.05) is 10.5 Å². The largest absolute Gasteiger partial charge is 0.399 e. The minimum atomic E-state index is -4.01. The fourth-order valence-corrected chi connectivity index (χ4v) is 5.45. The number of nitrogens with one attached hydrogen (secondary N) is 1. The van der Waals surface area contributed by atoms with Crippen LogP contribution in [0.3, 0.4) is 0 Å². The second-order valence-corrected chi connectivity index (χ2v) is 7.81. The van der Waals surface area contributed by atoms with E-state index in [9.17, 15) is 12.8 Å². The zero-order chi connectivity index (χ0) is 15.8. The van der Waals surface area contributed by atoms with E-state index in [0.717, 1.165) is 6.07 Å². The van der Waals surface area contributed by atoms with Gasteiger partial charge in [-0.2, -0.15) is 0 Å². The van der Waals surface area contributed by atoms with Crippen molar-refractivity contribution < 1.29 is 12.8 Å². The molecular formula is C12H8Br2ClFN2O2S. The van der Waals surface area contributed by atoms with Crippen molar-refractivity contribution in [3.05, 3.63) is 50.1 Å². The van der Waals surface area contributed by atoms with Gasteiger partial charge in [0.15, 0.2) is 0 Å². The van der Waals surface area contributed by atoms with E-state index in [1.54, 1.807) is 0 Å². The average Bonchev–Trinajstić information content (AvgIpc) is 2.30. The van der Waals surface area contributed by atoms with E-state index in [-0.39, 0.29) is 24.6 Å². The maximum absolute atomic E-state index is 13.7. The number of rotatable bonds is 3. The van der Waals surface area contributed by atoms with E-state index in [1.165, 1.54) is 24.3 Å². The molecule has 3 N–H and O–H groups in total. The Balaban J connectivity index is 2.48. The Labute approximate surface area is 142 Å². The van der Waals surface area contributed by atoms with Crippen LogP contribution in [0.1, 0.15) is 0 Å². The highest BCUT2D eigenvalue weighted by atomic mass is 79.9. The van der Waals surface area contributed by atoms with E-state index in [1.807, 2.05) is 0 Å². The van der Waals surface area contributed by atoms with E-state index in [2.05, 4.69) is 36.6 Å². The van der Waals surface area contributed by atoms with E-state index >= 15 is 0 Å². The lowest BCUT2D eigenvalue weighted by molar-refractivity contribution is 0.597. The molecule has 4 nitrogen and oxygen atoms in total. The molecule has 2 rings (SSSR count). The van der Waals surface area contributed by atoms with Gasteiger partial charge in [0.2, 0.25) is 0 Å². The molecule has 0 saturated heterocycles. The topological polar surface area (TPSA) is 72.2 Å². The molecule has 0 aliphatic carbocycles. The first-order chi connectivity index (χ1) is 9.70. The molecule has 0 atom stereocenters. The van der Waals surface area contributed by atoms with Gasteiger partial charge in [0, 0.05) is 19.7 Å². The molecule has 21 heavy (non-hydrogen) atoms. The normalized spacial score (nSPS) is 11.4. The van der Waals surface area contributed by atoms with Gasteiger partial charge in [0.25, 0.3) is 10.0 Å². The molecule has 0 spiro atoms. The summed E-state index contributed by atoms with van der Waals surface area (Å²) in [7, 11) is -4.01. The molecule has 0 heterocycles. The van der Waals surface area contributed by atoms with Crippen LogP contribution >= 0.6 is 43.5 Å². The molecule has 0 aliphatic heterocycles. The Bertz CT molecular complexity index is 792. The molecule has 0 bridgehead atoms. The number of halogens is 4. The first-order valence-corrected chi connectivity index (χ1v) is 8.88. The van der Waals surface area contributed by atoms with Crippen LogP contribution in [0.4, 0.5) is 15.8 Å². The Kier molecular flexibility index (Phi) is 4.82. The number of hydrogen-bond acceptors (Lipinski definition) is 3. The molecule has 0 fully saturated rings. The Morgan fingerprint density at radius 3 is 2.24 bits per heavy atom. The summed E-state index contributed by atoms with van der Waals surface area (Å²) in [5, 5.41) is 0.172. The average molecular weight is 459 g/mol. The van der Waals surface area contributed by atoms with Crippen molar-refractivity contribution in [3.8, 4) is 0 Å². The van der Waals surface area contributed by atoms with Crippen molar-refractivity contribution in [1.82, 2.24) is 0 Å². The molecule has 0 amide bonds. The molecule has 2 aromatic carbocycles. The zero-order valence-electron chi connectivity index (χ0n) is 10.2. The molecule has 2 aromatic rings. The molecular weight excluding hydrogens is 450 g/mol. The van der Waals surface area contributed by atoms with Crippen molar-refractivity contribution in [2.24, 2.45) is 0 Å². The van der Waals surface area contributed by atoms with Crippen molar-refractivity contribution in [3.63, 3.8) is 0 Å². The van der Waals surface area contributed by atoms with Gasteiger partial charge in [0.1, 0.15) is 10.7 Å². The number of anilines is 2. The van der Waals surface area contributed by atoms with Crippen LogP contribution in [0, 0.1) is 5.82 Å². The van der Waals surface area contributed by atoms with Crippen molar-refractivity contribution in [1.29, 1.82) is 0 Å². The van der Waals surface area contributed by atoms with Crippen molar-refractivity contribution >= 4 is 64.9 Å². The van der Waals surface area contributed by atoms with Gasteiger partial charge in [-0.05, 0) is 62.2 Å². The number of hydrogen-bond donors (Lipinski definition) is 2. The van der Waals surface area contributed by atoms with Crippen LogP contribution in [0.2, 0.25) is 5.02 Å². The van der Waals surface area contributed by atoms with Crippen LogP contribution in [-0.2, 0) is 10.0 Å². The standard InChI is InChI=1S/C12H8Br2ClFN2O2S/c13-8-4-7(17)5-9(14)12(8)21(19,20)18-11-2-1-6(15)3-10(11)16/h1-5,18H,17H2. The molecule has 0 radical (unpaired) electrons. The summed E-state index contributed by atoms with van der Waals surface area (Å²) in [6, 6.07) is 6.53. The number of nitrogen functional groups attached to an aromatic ring is 1. The van der Waals surface area contributed by atoms with Crippen LogP contribution in [0.25, 0.3) is 0 Å². The van der Waals surface area contributed by atoms with Crippen LogP contribution in [-0.4, -0.2) is 8.42 Å². The summed E-state index contributed by atoms with van der Waals surface area (Å²) < 4.78 is 41.2. The number of benzene rings is 2. The molecule has 0 aliphatic rings. The van der Waals surface area contributed by atoms with Gasteiger partial charge in [-0.3, -0.25) is 4.72 Å². The van der Waals surface area contributed by atoms with Crippen molar-refractivity contribution in [2.45, 2.75) is 4.90 Å². The van der Waals surface area contributed by atoms with Crippen LogP contribution in [0.5, 0.6) is 0 Å². The number of sulfonamides is 1. The number of nitrogens with two attached hydrogens (primary N) is 1. The van der Waals surface area contributed by atoms with Gasteiger partial charge in [-0.1, -0.05) is 11.6 Å². The summed E-state index contributed by atoms with van der Waals surface area (Å²) in [6.45, 7) is 0. The lowest BCUT2D eigenvalue weighted by Crippen LogP contribution is -2.15. The lowest BCUT2D eigenvalue weighted by atomic mass is 10.3. The van der Waals surface area contributed by atoms with Gasteiger partial charge in [-0.25, -0.2) is 12.8 Å². The SMILES string of the molecule is Nc1cc(Br)c(S(=O)(=O)Nc2ccc(Cl)cc2F)c(Br)c1. The highest BCUT2D eigenvalue weighted by Gasteiger charge is 2.23. The van der Waals surface area contributed by atoms with Crippen LogP contribution < -0.4 is 10.5 Å². The summed E-state index contributed by atoms with van der Waals surface area (Å²) in [5.41, 5.74) is 5.80. The highest BCUT2D eigenvalue weighted by molar-refractivity contribution is 9.11. The lowest BCUT2D eigenvalue weighted by Gasteiger charge is -2.12. The Morgan fingerprint density at radius 1 is 1.14 bits per heavy atom. The Morgan fingerprint density at radius 2 is 1.71 bits per heavy atom. The minimum absolute atomic E-state index is 0.0777.